The van der Waals surface area contributed by atoms with Crippen LogP contribution in [0.25, 0.3) is 10.9 Å². The molecular weight excluding hydrogens is 358 g/mol. The molecule has 4 atom stereocenters. The van der Waals surface area contributed by atoms with Gasteiger partial charge in [0, 0.05) is 35.3 Å². The minimum absolute atomic E-state index is 0.432. The summed E-state index contributed by atoms with van der Waals surface area (Å²) < 4.78 is 0. The summed E-state index contributed by atoms with van der Waals surface area (Å²) in [5.74, 6) is 2.36. The minimum atomic E-state index is 0.432. The lowest BCUT2D eigenvalue weighted by molar-refractivity contribution is 0.503. The number of hydrogen-bond donors (Lipinski definition) is 3. The molecule has 2 aliphatic carbocycles. The van der Waals surface area contributed by atoms with E-state index in [0.717, 1.165) is 29.1 Å². The highest BCUT2D eigenvalue weighted by Crippen LogP contribution is 2.62. The first kappa shape index (κ1) is 15.3. The Hall–Kier alpha value is -2.76. The van der Waals surface area contributed by atoms with Gasteiger partial charge in [-0.05, 0) is 37.3 Å². The highest BCUT2D eigenvalue weighted by Gasteiger charge is 2.72. The normalized spacial score (nSPS) is 30.1. The summed E-state index contributed by atoms with van der Waals surface area (Å²) in [4.78, 5) is 14.1. The fourth-order valence-electron chi connectivity index (χ4n) is 4.58. The van der Waals surface area contributed by atoms with Crippen molar-refractivity contribution in [3.8, 4) is 6.07 Å². The Kier molecular flexibility index (Phi) is 3.05. The number of nitrogens with one attached hydrogen (secondary N) is 3. The van der Waals surface area contributed by atoms with Gasteiger partial charge < -0.3 is 16.0 Å². The molecule has 3 aromatic heterocycles. The number of pyridine rings is 2. The van der Waals surface area contributed by atoms with Crippen molar-refractivity contribution < 1.29 is 0 Å². The molecule has 1 spiro atoms. The molecule has 27 heavy (non-hydrogen) atoms. The van der Waals surface area contributed by atoms with Gasteiger partial charge >= 0.3 is 0 Å². The molecule has 4 unspecified atom stereocenters. The van der Waals surface area contributed by atoms with E-state index in [1.165, 1.54) is 24.2 Å². The van der Waals surface area contributed by atoms with Crippen LogP contribution in [0.15, 0.2) is 30.6 Å². The third-order valence-corrected chi connectivity index (χ3v) is 6.83. The molecule has 6 rings (SSSR count). The van der Waals surface area contributed by atoms with E-state index in [2.05, 4.69) is 38.1 Å². The first-order valence-electron chi connectivity index (χ1n) is 9.16. The molecule has 8 heteroatoms. The van der Waals surface area contributed by atoms with Crippen molar-refractivity contribution in [3.63, 3.8) is 0 Å². The van der Waals surface area contributed by atoms with Gasteiger partial charge in [-0.25, -0.2) is 9.97 Å². The molecule has 134 valence electrons. The Morgan fingerprint density at radius 3 is 3.15 bits per heavy atom. The number of anilines is 3. The van der Waals surface area contributed by atoms with Crippen LogP contribution in [-0.2, 0) is 0 Å². The van der Waals surface area contributed by atoms with E-state index in [1.54, 1.807) is 12.4 Å². The van der Waals surface area contributed by atoms with Crippen LogP contribution in [-0.4, -0.2) is 32.6 Å². The highest BCUT2D eigenvalue weighted by molar-refractivity contribution is 7.16. The number of nitriles is 1. The van der Waals surface area contributed by atoms with Crippen molar-refractivity contribution in [1.29, 1.82) is 5.26 Å². The van der Waals surface area contributed by atoms with Crippen LogP contribution >= 0.6 is 11.3 Å². The molecular formula is C19H17N7S. The Morgan fingerprint density at radius 1 is 1.33 bits per heavy atom. The molecule has 1 aliphatic heterocycles. The summed E-state index contributed by atoms with van der Waals surface area (Å²) in [6.45, 7) is 0. The topological polar surface area (TPSA) is 108 Å². The second kappa shape index (κ2) is 5.38. The molecule has 4 heterocycles. The second-order valence-corrected chi connectivity index (χ2v) is 8.67. The fourth-order valence-corrected chi connectivity index (χ4v) is 5.20. The first-order valence-corrected chi connectivity index (χ1v) is 9.98. The van der Waals surface area contributed by atoms with Gasteiger partial charge in [-0.15, -0.1) is 0 Å². The largest absolute Gasteiger partial charge is 0.367 e. The summed E-state index contributed by atoms with van der Waals surface area (Å²) in [7, 11) is 0. The quantitative estimate of drug-likeness (QED) is 0.602. The molecule has 3 fully saturated rings. The second-order valence-electron chi connectivity index (χ2n) is 7.64. The lowest BCUT2D eigenvalue weighted by Crippen LogP contribution is -2.27. The molecule has 3 aliphatic rings. The maximum Gasteiger partial charge on any atom is 0.189 e. The van der Waals surface area contributed by atoms with Crippen molar-refractivity contribution in [3.05, 3.63) is 35.5 Å². The lowest BCUT2D eigenvalue weighted by atomic mass is 9.95. The third-order valence-electron chi connectivity index (χ3n) is 6.01. The van der Waals surface area contributed by atoms with Crippen molar-refractivity contribution in [2.24, 2.45) is 5.92 Å². The molecule has 0 radical (unpaired) electrons. The Morgan fingerprint density at radius 2 is 2.30 bits per heavy atom. The predicted octanol–water partition coefficient (Wildman–Crippen LogP) is 3.01. The summed E-state index contributed by atoms with van der Waals surface area (Å²) in [6.07, 6.45) is 7.04. The van der Waals surface area contributed by atoms with Crippen LogP contribution in [0.3, 0.4) is 0 Å². The Balaban J connectivity index is 1.32. The van der Waals surface area contributed by atoms with Crippen LogP contribution in [0.2, 0.25) is 0 Å². The maximum atomic E-state index is 8.99. The number of hydrogen-bond acceptors (Lipinski definition) is 8. The highest BCUT2D eigenvalue weighted by atomic mass is 32.1. The van der Waals surface area contributed by atoms with Crippen LogP contribution < -0.4 is 16.0 Å². The molecule has 0 aromatic carbocycles. The van der Waals surface area contributed by atoms with Gasteiger partial charge in [-0.2, -0.15) is 5.26 Å². The van der Waals surface area contributed by atoms with Gasteiger partial charge in [-0.1, -0.05) is 11.3 Å². The van der Waals surface area contributed by atoms with Crippen molar-refractivity contribution in [2.75, 3.05) is 10.6 Å². The van der Waals surface area contributed by atoms with E-state index >= 15 is 0 Å². The Bertz CT molecular complexity index is 1080. The van der Waals surface area contributed by atoms with Gasteiger partial charge in [0.15, 0.2) is 5.13 Å². The SMILES string of the molecule is N#Cc1cnc(Nc2cc3ncccc3c(NC3CC4CC45NC5C3)n2)s1. The zero-order valence-corrected chi connectivity index (χ0v) is 15.3. The van der Waals surface area contributed by atoms with Gasteiger partial charge in [0.2, 0.25) is 0 Å². The van der Waals surface area contributed by atoms with E-state index in [1.807, 2.05) is 12.1 Å². The zero-order valence-electron chi connectivity index (χ0n) is 14.4. The molecule has 3 aromatic rings. The number of rotatable bonds is 4. The molecule has 2 saturated carbocycles. The van der Waals surface area contributed by atoms with Crippen LogP contribution in [0.4, 0.5) is 16.8 Å². The van der Waals surface area contributed by atoms with Crippen LogP contribution in [0.5, 0.6) is 0 Å². The van der Waals surface area contributed by atoms with E-state index in [-0.39, 0.29) is 0 Å². The molecule has 7 nitrogen and oxygen atoms in total. The molecule has 1 saturated heterocycles. The van der Waals surface area contributed by atoms with Gasteiger partial charge in [0.25, 0.3) is 0 Å². The predicted molar refractivity (Wildman–Crippen MR) is 104 cm³/mol. The van der Waals surface area contributed by atoms with Crippen molar-refractivity contribution in [1.82, 2.24) is 20.3 Å². The third kappa shape index (κ3) is 2.46. The summed E-state index contributed by atoms with van der Waals surface area (Å²) in [5, 5.41) is 21.2. The number of fused-ring (bicyclic) bond motifs is 1. The van der Waals surface area contributed by atoms with E-state index < -0.39 is 0 Å². The smallest absolute Gasteiger partial charge is 0.189 e. The van der Waals surface area contributed by atoms with Gasteiger partial charge in [0.05, 0.1) is 11.7 Å². The van der Waals surface area contributed by atoms with E-state index in [4.69, 9.17) is 10.2 Å². The molecule has 3 N–H and O–H groups in total. The standard InChI is InChI=1S/C19H17N7S/c20-8-12-9-22-18(27-12)25-16-6-14-13(2-1-3-21-14)17(24-16)23-11-4-10-7-19(10)15(5-11)26-19/h1-3,6,9-11,15,26H,4-5,7H2,(H2,22,23,24,25). The Labute approximate surface area is 159 Å². The number of aromatic nitrogens is 3. The summed E-state index contributed by atoms with van der Waals surface area (Å²) >= 11 is 1.31. The van der Waals surface area contributed by atoms with Crippen molar-refractivity contribution in [2.45, 2.75) is 36.9 Å². The molecule has 0 amide bonds. The van der Waals surface area contributed by atoms with Crippen LogP contribution in [0, 0.1) is 17.2 Å². The lowest BCUT2D eigenvalue weighted by Gasteiger charge is -2.22. The monoisotopic (exact) mass is 375 g/mol. The van der Waals surface area contributed by atoms with Gasteiger partial charge in [0.1, 0.15) is 22.6 Å². The van der Waals surface area contributed by atoms with E-state index in [0.29, 0.717) is 33.4 Å². The number of thiazole rings is 1. The average Bonchev–Trinajstić information content (AvgIpc) is 3.50. The number of nitrogens with zero attached hydrogens (tertiary/aromatic N) is 4. The minimum Gasteiger partial charge on any atom is -0.367 e. The molecule has 0 bridgehead atoms. The summed E-state index contributed by atoms with van der Waals surface area (Å²) in [6, 6.07) is 9.14. The average molecular weight is 375 g/mol. The zero-order chi connectivity index (χ0) is 18.0. The maximum absolute atomic E-state index is 8.99. The fraction of sp³-hybridized carbons (Fsp3) is 0.368. The van der Waals surface area contributed by atoms with Crippen LogP contribution in [0.1, 0.15) is 24.1 Å². The first-order chi connectivity index (χ1) is 13.2. The van der Waals surface area contributed by atoms with Crippen molar-refractivity contribution >= 4 is 39.0 Å². The van der Waals surface area contributed by atoms with Gasteiger partial charge in [-0.3, -0.25) is 4.98 Å². The van der Waals surface area contributed by atoms with E-state index in [9.17, 15) is 0 Å². The summed E-state index contributed by atoms with van der Waals surface area (Å²) in [5.41, 5.74) is 1.40.